The number of benzene rings is 3. The Balaban J connectivity index is 1.91. The summed E-state index contributed by atoms with van der Waals surface area (Å²) < 4.78 is 26.0. The first-order valence-electron chi connectivity index (χ1n) is 8.15. The Kier molecular flexibility index (Phi) is 5.98. The number of halogens is 1. The van der Waals surface area contributed by atoms with Gasteiger partial charge in [0.1, 0.15) is 0 Å². The van der Waals surface area contributed by atoms with E-state index in [1.165, 1.54) is 0 Å². The first-order chi connectivity index (χ1) is 13.3. The highest BCUT2D eigenvalue weighted by molar-refractivity contribution is 9.10. The van der Waals surface area contributed by atoms with Crippen molar-refractivity contribution in [2.45, 2.75) is 0 Å². The van der Waals surface area contributed by atoms with Crippen molar-refractivity contribution in [3.8, 4) is 11.1 Å². The molecule has 0 saturated carbocycles. The second kappa shape index (κ2) is 8.42. The molecule has 2 amide bonds. The van der Waals surface area contributed by atoms with Gasteiger partial charge in [0, 0.05) is 15.6 Å². The molecule has 0 atom stereocenters. The predicted octanol–water partition coefficient (Wildman–Crippen LogP) is 4.38. The quantitative estimate of drug-likeness (QED) is 0.452. The van der Waals surface area contributed by atoms with E-state index < -0.39 is 16.2 Å². The standard InChI is InChI=1S/C19H17BrN4O3S/c20-15-9-3-6-12-18(15)23-19(25)22-16-10-4-1-7-13(16)14-8-2-5-11-17(14)24-28(21,26)27/h1-12,24H,(H2,21,26,27)(H2,22,23,25). The van der Waals surface area contributed by atoms with E-state index in [0.29, 0.717) is 28.2 Å². The number of anilines is 3. The normalized spacial score (nSPS) is 10.9. The van der Waals surface area contributed by atoms with Gasteiger partial charge in [-0.3, -0.25) is 4.72 Å². The molecule has 3 aromatic rings. The third kappa shape index (κ3) is 5.10. The number of amides is 2. The van der Waals surface area contributed by atoms with Crippen molar-refractivity contribution >= 4 is 49.2 Å². The monoisotopic (exact) mass is 460 g/mol. The number of carbonyl (C=O) groups excluding carboxylic acids is 1. The summed E-state index contributed by atoms with van der Waals surface area (Å²) in [5.41, 5.74) is 2.65. The molecule has 5 N–H and O–H groups in total. The van der Waals surface area contributed by atoms with Gasteiger partial charge in [0.25, 0.3) is 10.2 Å². The van der Waals surface area contributed by atoms with Crippen molar-refractivity contribution in [2.24, 2.45) is 5.14 Å². The fourth-order valence-electron chi connectivity index (χ4n) is 2.63. The first kappa shape index (κ1) is 19.9. The van der Waals surface area contributed by atoms with Crippen molar-refractivity contribution in [1.29, 1.82) is 0 Å². The van der Waals surface area contributed by atoms with Gasteiger partial charge in [-0.05, 0) is 40.2 Å². The Hall–Kier alpha value is -2.88. The molecule has 7 nitrogen and oxygen atoms in total. The van der Waals surface area contributed by atoms with Crippen LogP contribution in [0.4, 0.5) is 21.9 Å². The Labute approximate surface area is 171 Å². The first-order valence-corrected chi connectivity index (χ1v) is 10.5. The topological polar surface area (TPSA) is 113 Å². The highest BCUT2D eigenvalue weighted by Gasteiger charge is 2.14. The van der Waals surface area contributed by atoms with Gasteiger partial charge in [-0.2, -0.15) is 8.42 Å². The maximum atomic E-state index is 12.5. The van der Waals surface area contributed by atoms with Gasteiger partial charge in [-0.1, -0.05) is 48.5 Å². The van der Waals surface area contributed by atoms with E-state index in [1.807, 2.05) is 18.2 Å². The highest BCUT2D eigenvalue weighted by atomic mass is 79.9. The minimum atomic E-state index is -3.94. The van der Waals surface area contributed by atoms with Crippen LogP contribution in [0.1, 0.15) is 0 Å². The van der Waals surface area contributed by atoms with Crippen LogP contribution >= 0.6 is 15.9 Å². The van der Waals surface area contributed by atoms with Crippen LogP contribution in [-0.2, 0) is 10.2 Å². The number of rotatable bonds is 5. The van der Waals surface area contributed by atoms with Gasteiger partial charge in [-0.15, -0.1) is 0 Å². The molecule has 0 bridgehead atoms. The Morgan fingerprint density at radius 3 is 1.82 bits per heavy atom. The number of urea groups is 1. The van der Waals surface area contributed by atoms with E-state index in [2.05, 4.69) is 31.3 Å². The number of carbonyl (C=O) groups is 1. The Morgan fingerprint density at radius 2 is 1.21 bits per heavy atom. The van der Waals surface area contributed by atoms with Crippen LogP contribution < -0.4 is 20.5 Å². The van der Waals surface area contributed by atoms with Gasteiger partial charge in [0.05, 0.1) is 17.1 Å². The zero-order chi connectivity index (χ0) is 20.1. The van der Waals surface area contributed by atoms with Gasteiger partial charge in [0.2, 0.25) is 0 Å². The molecule has 0 spiro atoms. The molecule has 0 aromatic heterocycles. The lowest BCUT2D eigenvalue weighted by Gasteiger charge is -2.15. The number of para-hydroxylation sites is 3. The minimum absolute atomic E-state index is 0.311. The third-order valence-corrected chi connectivity index (χ3v) is 4.96. The third-order valence-electron chi connectivity index (χ3n) is 3.77. The fourth-order valence-corrected chi connectivity index (χ4v) is 3.49. The van der Waals surface area contributed by atoms with E-state index in [-0.39, 0.29) is 0 Å². The van der Waals surface area contributed by atoms with Crippen molar-refractivity contribution in [1.82, 2.24) is 0 Å². The maximum Gasteiger partial charge on any atom is 0.323 e. The molecular formula is C19H17BrN4O3S. The highest BCUT2D eigenvalue weighted by Crippen LogP contribution is 2.34. The summed E-state index contributed by atoms with van der Waals surface area (Å²) >= 11 is 3.38. The molecule has 0 aliphatic carbocycles. The van der Waals surface area contributed by atoms with E-state index in [4.69, 9.17) is 5.14 Å². The summed E-state index contributed by atoms with van der Waals surface area (Å²) in [7, 11) is -3.94. The summed E-state index contributed by atoms with van der Waals surface area (Å²) in [5.74, 6) is 0. The van der Waals surface area contributed by atoms with Crippen LogP contribution in [0.25, 0.3) is 11.1 Å². The van der Waals surface area contributed by atoms with Gasteiger partial charge in [0.15, 0.2) is 0 Å². The molecule has 0 saturated heterocycles. The fraction of sp³-hybridized carbons (Fsp3) is 0. The molecule has 28 heavy (non-hydrogen) atoms. The molecule has 0 unspecified atom stereocenters. The van der Waals surface area contributed by atoms with Crippen molar-refractivity contribution in [3.05, 3.63) is 77.3 Å². The van der Waals surface area contributed by atoms with Crippen LogP contribution in [0.5, 0.6) is 0 Å². The van der Waals surface area contributed by atoms with Gasteiger partial charge in [-0.25, -0.2) is 9.93 Å². The lowest BCUT2D eigenvalue weighted by Crippen LogP contribution is -2.22. The second-order valence-electron chi connectivity index (χ2n) is 5.80. The summed E-state index contributed by atoms with van der Waals surface area (Å²) in [5, 5.41) is 10.7. The lowest BCUT2D eigenvalue weighted by atomic mass is 10.0. The van der Waals surface area contributed by atoms with Crippen molar-refractivity contribution in [3.63, 3.8) is 0 Å². The maximum absolute atomic E-state index is 12.5. The smallest absolute Gasteiger partial charge is 0.307 e. The predicted molar refractivity (Wildman–Crippen MR) is 115 cm³/mol. The van der Waals surface area contributed by atoms with Gasteiger partial charge >= 0.3 is 6.03 Å². The molecule has 0 radical (unpaired) electrons. The molecular weight excluding hydrogens is 444 g/mol. The zero-order valence-electron chi connectivity index (χ0n) is 14.5. The van der Waals surface area contributed by atoms with Gasteiger partial charge < -0.3 is 10.6 Å². The molecule has 144 valence electrons. The Bertz CT molecular complexity index is 1120. The number of nitrogens with one attached hydrogen (secondary N) is 3. The summed E-state index contributed by atoms with van der Waals surface area (Å²) in [4.78, 5) is 12.5. The molecule has 0 heterocycles. The van der Waals surface area contributed by atoms with E-state index in [1.54, 1.807) is 54.6 Å². The van der Waals surface area contributed by atoms with E-state index in [0.717, 1.165) is 4.47 Å². The van der Waals surface area contributed by atoms with Crippen molar-refractivity contribution in [2.75, 3.05) is 15.4 Å². The minimum Gasteiger partial charge on any atom is -0.307 e. The Morgan fingerprint density at radius 1 is 0.750 bits per heavy atom. The summed E-state index contributed by atoms with van der Waals surface area (Å²) in [6, 6.07) is 20.6. The summed E-state index contributed by atoms with van der Waals surface area (Å²) in [6.07, 6.45) is 0. The van der Waals surface area contributed by atoms with E-state index in [9.17, 15) is 13.2 Å². The second-order valence-corrected chi connectivity index (χ2v) is 7.95. The lowest BCUT2D eigenvalue weighted by molar-refractivity contribution is 0.262. The average molecular weight is 461 g/mol. The molecule has 3 rings (SSSR count). The van der Waals surface area contributed by atoms with Crippen LogP contribution in [0.3, 0.4) is 0 Å². The number of nitrogens with two attached hydrogens (primary N) is 1. The van der Waals surface area contributed by atoms with Crippen LogP contribution in [0.2, 0.25) is 0 Å². The molecule has 3 aromatic carbocycles. The largest absolute Gasteiger partial charge is 0.323 e. The van der Waals surface area contributed by atoms with E-state index >= 15 is 0 Å². The molecule has 0 aliphatic heterocycles. The van der Waals surface area contributed by atoms with Crippen LogP contribution in [0, 0.1) is 0 Å². The average Bonchev–Trinajstić information content (AvgIpc) is 2.63. The summed E-state index contributed by atoms with van der Waals surface area (Å²) in [6.45, 7) is 0. The molecule has 0 aliphatic rings. The number of hydrogen-bond donors (Lipinski definition) is 4. The zero-order valence-corrected chi connectivity index (χ0v) is 16.9. The van der Waals surface area contributed by atoms with Crippen molar-refractivity contribution < 1.29 is 13.2 Å². The molecule has 0 fully saturated rings. The van der Waals surface area contributed by atoms with Crippen LogP contribution in [0.15, 0.2) is 77.3 Å². The SMILES string of the molecule is NS(=O)(=O)Nc1ccccc1-c1ccccc1NC(=O)Nc1ccccc1Br. The molecule has 9 heteroatoms. The number of hydrogen-bond acceptors (Lipinski definition) is 3. The van der Waals surface area contributed by atoms with Crippen LogP contribution in [-0.4, -0.2) is 14.4 Å².